The molecule has 0 atom stereocenters. The fourth-order valence-electron chi connectivity index (χ4n) is 1.87. The van der Waals surface area contributed by atoms with Gasteiger partial charge in [-0.1, -0.05) is 0 Å². The van der Waals surface area contributed by atoms with E-state index < -0.39 is 0 Å². The molecule has 8 heteroatoms. The number of hydrogen-bond acceptors (Lipinski definition) is 6. The summed E-state index contributed by atoms with van der Waals surface area (Å²) in [5.41, 5.74) is 1.34. The van der Waals surface area contributed by atoms with Crippen LogP contribution >= 0.6 is 23.3 Å². The van der Waals surface area contributed by atoms with E-state index in [4.69, 9.17) is 0 Å². The Morgan fingerprint density at radius 1 is 1.12 bits per heavy atom. The molecule has 2 N–H and O–H groups in total. The number of hydrogen-bond donors (Lipinski definition) is 2. The third-order valence-electron chi connectivity index (χ3n) is 3.01. The van der Waals surface area contributed by atoms with Crippen LogP contribution in [-0.2, 0) is 0 Å². The van der Waals surface area contributed by atoms with E-state index in [0.29, 0.717) is 10.3 Å². The van der Waals surface area contributed by atoms with Crippen LogP contribution in [0.1, 0.15) is 10.4 Å². The van der Waals surface area contributed by atoms with Gasteiger partial charge in [-0.25, -0.2) is 0 Å². The van der Waals surface area contributed by atoms with E-state index in [9.17, 15) is 4.79 Å². The Morgan fingerprint density at radius 2 is 1.88 bits per heavy atom. The number of benzene rings is 2. The van der Waals surface area contributed by atoms with Gasteiger partial charge in [-0.05, 0) is 0 Å². The monoisotopic (exact) mass is 433 g/mol. The van der Waals surface area contributed by atoms with Crippen molar-refractivity contribution in [2.75, 3.05) is 4.72 Å². The molecule has 0 saturated heterocycles. The molecule has 1 amide bonds. The minimum atomic E-state index is -0.196. The van der Waals surface area contributed by atoms with Crippen molar-refractivity contribution in [3.8, 4) is 0 Å². The van der Waals surface area contributed by atoms with Crippen molar-refractivity contribution >= 4 is 60.8 Å². The van der Waals surface area contributed by atoms with Crippen LogP contribution in [0.3, 0.4) is 0 Å². The summed E-state index contributed by atoms with van der Waals surface area (Å²) in [4.78, 5) is 21.6. The number of amides is 1. The third kappa shape index (κ3) is 5.44. The zero-order valence-electron chi connectivity index (χ0n) is 12.9. The van der Waals surface area contributed by atoms with Gasteiger partial charge in [-0.2, -0.15) is 0 Å². The SMILES string of the molecule is O=C(NC([Se])=Nc1ccc(SNc2nccs2)cc1)c1ccccc1. The van der Waals surface area contributed by atoms with Crippen molar-refractivity contribution in [3.63, 3.8) is 0 Å². The number of aromatic nitrogens is 1. The van der Waals surface area contributed by atoms with Crippen LogP contribution in [-0.4, -0.2) is 31.6 Å². The average molecular weight is 432 g/mol. The fourth-order valence-corrected chi connectivity index (χ4v) is 3.50. The van der Waals surface area contributed by atoms with Crippen molar-refractivity contribution in [1.29, 1.82) is 0 Å². The van der Waals surface area contributed by atoms with Crippen LogP contribution < -0.4 is 10.0 Å². The van der Waals surface area contributed by atoms with Gasteiger partial charge in [0.25, 0.3) is 0 Å². The van der Waals surface area contributed by atoms with E-state index in [1.165, 1.54) is 11.9 Å². The van der Waals surface area contributed by atoms with E-state index in [2.05, 4.69) is 36.0 Å². The summed E-state index contributed by atoms with van der Waals surface area (Å²) < 4.78 is 3.60. The molecular weight excluding hydrogens is 419 g/mol. The van der Waals surface area contributed by atoms with Crippen LogP contribution in [0.4, 0.5) is 10.8 Å². The average Bonchev–Trinajstić information content (AvgIpc) is 3.15. The van der Waals surface area contributed by atoms with Crippen molar-refractivity contribution in [2.24, 2.45) is 4.99 Å². The predicted molar refractivity (Wildman–Crippen MR) is 105 cm³/mol. The Bertz CT molecular complexity index is 852. The molecule has 1 radical (unpaired) electrons. The fraction of sp³-hybridized carbons (Fsp3) is 0. The summed E-state index contributed by atoms with van der Waals surface area (Å²) in [5, 5.41) is 5.52. The van der Waals surface area contributed by atoms with E-state index >= 15 is 0 Å². The van der Waals surface area contributed by atoms with Crippen LogP contribution in [0, 0.1) is 0 Å². The van der Waals surface area contributed by atoms with Crippen molar-refractivity contribution in [2.45, 2.75) is 4.90 Å². The van der Waals surface area contributed by atoms with Crippen LogP contribution in [0.15, 0.2) is 76.1 Å². The van der Waals surface area contributed by atoms with Gasteiger partial charge in [0.2, 0.25) is 0 Å². The second-order valence-electron chi connectivity index (χ2n) is 4.77. The van der Waals surface area contributed by atoms with Crippen molar-refractivity contribution in [1.82, 2.24) is 10.3 Å². The van der Waals surface area contributed by atoms with Gasteiger partial charge in [-0.3, -0.25) is 0 Å². The zero-order valence-corrected chi connectivity index (χ0v) is 16.2. The van der Waals surface area contributed by atoms with E-state index in [1.54, 1.807) is 29.7 Å². The first-order chi connectivity index (χ1) is 12.2. The number of nitrogens with zero attached hydrogens (tertiary/aromatic N) is 2. The molecule has 25 heavy (non-hydrogen) atoms. The molecule has 0 aliphatic carbocycles. The van der Waals surface area contributed by atoms with E-state index in [0.717, 1.165) is 15.7 Å². The van der Waals surface area contributed by atoms with Gasteiger partial charge >= 0.3 is 162 Å². The Hall–Kier alpha value is -2.12. The van der Waals surface area contributed by atoms with Gasteiger partial charge in [0.1, 0.15) is 0 Å². The van der Waals surface area contributed by atoms with Gasteiger partial charge in [0.15, 0.2) is 0 Å². The first kappa shape index (κ1) is 17.7. The number of carbonyl (C=O) groups excluding carboxylic acids is 1. The third-order valence-corrected chi connectivity index (χ3v) is 5.04. The molecule has 0 aliphatic heterocycles. The molecule has 0 aliphatic rings. The Balaban J connectivity index is 1.58. The molecule has 3 aromatic rings. The maximum absolute atomic E-state index is 12.1. The second-order valence-corrected chi connectivity index (χ2v) is 7.36. The summed E-state index contributed by atoms with van der Waals surface area (Å²) in [7, 11) is 0. The van der Waals surface area contributed by atoms with Crippen LogP contribution in [0.2, 0.25) is 0 Å². The standard InChI is InChI=1S/C17H13N4OS2Se/c22-15(12-4-2-1-3-5-12)20-17(25)19-13-6-8-14(9-7-13)24-21-16-18-10-11-23-16/h1-11H,(H,18,21)(H,19,20,22). The predicted octanol–water partition coefficient (Wildman–Crippen LogP) is 3.85. The summed E-state index contributed by atoms with van der Waals surface area (Å²) in [6.45, 7) is 0. The molecule has 0 spiro atoms. The number of carbonyl (C=O) groups is 1. The molecule has 0 saturated carbocycles. The molecule has 0 unspecified atom stereocenters. The molecule has 1 heterocycles. The number of thiazole rings is 1. The Kier molecular flexibility index (Phi) is 6.24. The molecule has 2 aromatic carbocycles. The van der Waals surface area contributed by atoms with E-state index in [1.807, 2.05) is 47.8 Å². The molecule has 3 rings (SSSR count). The second kappa shape index (κ2) is 8.82. The first-order valence-electron chi connectivity index (χ1n) is 7.25. The quantitative estimate of drug-likeness (QED) is 0.278. The summed E-state index contributed by atoms with van der Waals surface area (Å²) >= 11 is 5.81. The van der Waals surface area contributed by atoms with Gasteiger partial charge in [0.05, 0.1) is 0 Å². The van der Waals surface area contributed by atoms with Crippen molar-refractivity contribution < 1.29 is 4.79 Å². The van der Waals surface area contributed by atoms with Gasteiger partial charge in [0, 0.05) is 0 Å². The van der Waals surface area contributed by atoms with Crippen LogP contribution in [0.5, 0.6) is 0 Å². The summed E-state index contributed by atoms with van der Waals surface area (Å²) in [6.07, 6.45) is 1.76. The molecule has 125 valence electrons. The Labute approximate surface area is 161 Å². The summed E-state index contributed by atoms with van der Waals surface area (Å²) in [5.74, 6) is -0.196. The maximum atomic E-state index is 12.1. The number of rotatable bonds is 5. The van der Waals surface area contributed by atoms with E-state index in [-0.39, 0.29) is 5.91 Å². The minimum absolute atomic E-state index is 0.196. The molecule has 1 aromatic heterocycles. The molecule has 5 nitrogen and oxygen atoms in total. The molecule has 0 bridgehead atoms. The molecular formula is C17H13N4OS2Se. The topological polar surface area (TPSA) is 66.4 Å². The zero-order chi connectivity index (χ0) is 17.5. The Morgan fingerprint density at radius 3 is 2.56 bits per heavy atom. The molecule has 0 fully saturated rings. The number of anilines is 1. The van der Waals surface area contributed by atoms with Crippen LogP contribution in [0.25, 0.3) is 0 Å². The normalized spacial score (nSPS) is 11.1. The number of amidine groups is 1. The van der Waals surface area contributed by atoms with Gasteiger partial charge in [-0.15, -0.1) is 0 Å². The number of nitrogens with one attached hydrogen (secondary N) is 2. The summed E-state index contributed by atoms with van der Waals surface area (Å²) in [6, 6.07) is 16.7. The van der Waals surface area contributed by atoms with Crippen molar-refractivity contribution in [3.05, 3.63) is 71.7 Å². The number of aliphatic imine (C=N–C) groups is 1. The first-order valence-corrected chi connectivity index (χ1v) is 9.80. The van der Waals surface area contributed by atoms with Gasteiger partial charge < -0.3 is 0 Å².